The van der Waals surface area contributed by atoms with Crippen LogP contribution in [0.5, 0.6) is 0 Å². The van der Waals surface area contributed by atoms with Gasteiger partial charge in [0.25, 0.3) is 0 Å². The Bertz CT molecular complexity index is 788. The van der Waals surface area contributed by atoms with Crippen LogP contribution in [-0.4, -0.2) is 48.1 Å². The lowest BCUT2D eigenvalue weighted by atomic mass is 10.1. The maximum atomic E-state index is 12.5. The fourth-order valence-electron chi connectivity index (χ4n) is 2.48. The first kappa shape index (κ1) is 19.9. The van der Waals surface area contributed by atoms with Gasteiger partial charge < -0.3 is 9.80 Å². The summed E-state index contributed by atoms with van der Waals surface area (Å²) < 4.78 is 28.6. The molecule has 0 radical (unpaired) electrons. The van der Waals surface area contributed by atoms with Crippen molar-refractivity contribution in [2.75, 3.05) is 39.6 Å². The van der Waals surface area contributed by atoms with E-state index in [9.17, 15) is 8.42 Å². The smallest absolute Gasteiger partial charge is 0.240 e. The number of halogens is 1. The lowest BCUT2D eigenvalue weighted by Gasteiger charge is -2.25. The van der Waals surface area contributed by atoms with Crippen molar-refractivity contribution < 1.29 is 8.42 Å². The lowest BCUT2D eigenvalue weighted by molar-refractivity contribution is 0.299. The van der Waals surface area contributed by atoms with E-state index in [-0.39, 0.29) is 10.9 Å². The minimum absolute atomic E-state index is 0.0542. The van der Waals surface area contributed by atoms with Crippen molar-refractivity contribution in [2.24, 2.45) is 0 Å². The molecule has 0 amide bonds. The number of hydrogen-bond acceptors (Lipinski definition) is 4. The normalized spacial score (nSPS) is 13.0. The molecule has 25 heavy (non-hydrogen) atoms. The maximum absolute atomic E-state index is 12.5. The first-order chi connectivity index (χ1) is 11.7. The molecule has 5 nitrogen and oxygen atoms in total. The average molecular weight is 426 g/mol. The van der Waals surface area contributed by atoms with Crippen molar-refractivity contribution in [3.05, 3.63) is 58.6 Å². The molecule has 0 heterocycles. The highest BCUT2D eigenvalue weighted by molar-refractivity contribution is 9.10. The fourth-order valence-corrected chi connectivity index (χ4v) is 3.78. The highest BCUT2D eigenvalue weighted by Gasteiger charge is 2.19. The Morgan fingerprint density at radius 2 is 1.52 bits per heavy atom. The van der Waals surface area contributed by atoms with Crippen molar-refractivity contribution in [2.45, 2.75) is 10.9 Å². The number of anilines is 1. The van der Waals surface area contributed by atoms with Gasteiger partial charge in [-0.3, -0.25) is 0 Å². The zero-order valence-electron chi connectivity index (χ0n) is 14.9. The van der Waals surface area contributed by atoms with Crippen LogP contribution in [0.25, 0.3) is 0 Å². The summed E-state index contributed by atoms with van der Waals surface area (Å²) in [5, 5.41) is 0. The van der Waals surface area contributed by atoms with Crippen molar-refractivity contribution in [1.82, 2.24) is 9.62 Å². The number of benzene rings is 2. The van der Waals surface area contributed by atoms with Crippen LogP contribution in [-0.2, 0) is 10.0 Å². The standard InChI is InChI=1S/C18H24BrN3O2S/c1-21(2)16-9-5-14(6-10-16)18(22(3)4)13-20-25(23,24)17-11-7-15(19)8-12-17/h5-12,18,20H,13H2,1-4H3/t18-/m0/s1. The number of nitrogens with one attached hydrogen (secondary N) is 1. The zero-order valence-corrected chi connectivity index (χ0v) is 17.3. The summed E-state index contributed by atoms with van der Waals surface area (Å²) in [6.07, 6.45) is 0. The number of nitrogens with zero attached hydrogens (tertiary/aromatic N) is 2. The molecule has 1 N–H and O–H groups in total. The van der Waals surface area contributed by atoms with Crippen LogP contribution in [0.2, 0.25) is 0 Å². The minimum Gasteiger partial charge on any atom is -0.378 e. The molecule has 0 bridgehead atoms. The van der Waals surface area contributed by atoms with E-state index in [2.05, 4.69) is 20.7 Å². The van der Waals surface area contributed by atoms with E-state index < -0.39 is 10.0 Å². The van der Waals surface area contributed by atoms with Gasteiger partial charge in [-0.05, 0) is 56.1 Å². The predicted molar refractivity (Wildman–Crippen MR) is 107 cm³/mol. The van der Waals surface area contributed by atoms with E-state index >= 15 is 0 Å². The molecule has 0 aliphatic heterocycles. The zero-order chi connectivity index (χ0) is 18.6. The highest BCUT2D eigenvalue weighted by Crippen LogP contribution is 2.22. The summed E-state index contributed by atoms with van der Waals surface area (Å²) >= 11 is 3.31. The molecule has 0 aliphatic carbocycles. The van der Waals surface area contributed by atoms with E-state index in [0.717, 1.165) is 15.7 Å². The van der Waals surface area contributed by atoms with Gasteiger partial charge in [0, 0.05) is 36.8 Å². The van der Waals surface area contributed by atoms with E-state index in [4.69, 9.17) is 0 Å². The van der Waals surface area contributed by atoms with Crippen LogP contribution in [0.4, 0.5) is 5.69 Å². The molecule has 2 rings (SSSR count). The van der Waals surface area contributed by atoms with Crippen molar-refractivity contribution in [3.63, 3.8) is 0 Å². The molecule has 2 aromatic carbocycles. The second-order valence-corrected chi connectivity index (χ2v) is 8.95. The van der Waals surface area contributed by atoms with Crippen LogP contribution in [0.3, 0.4) is 0 Å². The van der Waals surface area contributed by atoms with Crippen molar-refractivity contribution >= 4 is 31.6 Å². The van der Waals surface area contributed by atoms with E-state index in [1.807, 2.05) is 62.3 Å². The third kappa shape index (κ3) is 5.28. The van der Waals surface area contributed by atoms with Gasteiger partial charge in [-0.15, -0.1) is 0 Å². The molecule has 0 aliphatic rings. The van der Waals surface area contributed by atoms with Gasteiger partial charge in [0.1, 0.15) is 0 Å². The lowest BCUT2D eigenvalue weighted by Crippen LogP contribution is -2.34. The largest absolute Gasteiger partial charge is 0.378 e. The summed E-state index contributed by atoms with van der Waals surface area (Å²) in [6, 6.07) is 14.7. The van der Waals surface area contributed by atoms with E-state index in [1.165, 1.54) is 0 Å². The average Bonchev–Trinajstić information content (AvgIpc) is 2.55. The molecular formula is C18H24BrN3O2S. The molecular weight excluding hydrogens is 402 g/mol. The van der Waals surface area contributed by atoms with Crippen LogP contribution in [0.15, 0.2) is 57.9 Å². The summed E-state index contributed by atoms with van der Waals surface area (Å²) in [5.74, 6) is 0. The Morgan fingerprint density at radius 1 is 0.960 bits per heavy atom. The minimum atomic E-state index is -3.54. The Kier molecular flexibility index (Phi) is 6.62. The number of likely N-dealkylation sites (N-methyl/N-ethyl adjacent to an activating group) is 1. The molecule has 0 fully saturated rings. The summed E-state index contributed by atoms with van der Waals surface area (Å²) in [7, 11) is 4.33. The third-order valence-electron chi connectivity index (χ3n) is 4.01. The molecule has 0 saturated carbocycles. The molecule has 0 unspecified atom stereocenters. The van der Waals surface area contributed by atoms with Crippen LogP contribution in [0.1, 0.15) is 11.6 Å². The highest BCUT2D eigenvalue weighted by atomic mass is 79.9. The Morgan fingerprint density at radius 3 is 2.00 bits per heavy atom. The number of rotatable bonds is 7. The summed E-state index contributed by atoms with van der Waals surface area (Å²) in [6.45, 7) is 0.298. The van der Waals surface area contributed by atoms with Crippen LogP contribution in [0, 0.1) is 0 Å². The van der Waals surface area contributed by atoms with Gasteiger partial charge in [-0.25, -0.2) is 13.1 Å². The monoisotopic (exact) mass is 425 g/mol. The van der Waals surface area contributed by atoms with Gasteiger partial charge in [-0.1, -0.05) is 28.1 Å². The van der Waals surface area contributed by atoms with E-state index in [1.54, 1.807) is 24.3 Å². The van der Waals surface area contributed by atoms with Gasteiger partial charge >= 0.3 is 0 Å². The molecule has 0 aromatic heterocycles. The van der Waals surface area contributed by atoms with Gasteiger partial charge in [0.15, 0.2) is 0 Å². The van der Waals surface area contributed by atoms with Gasteiger partial charge in [0.2, 0.25) is 10.0 Å². The molecule has 7 heteroatoms. The molecule has 136 valence electrons. The Hall–Kier alpha value is -1.41. The van der Waals surface area contributed by atoms with Crippen molar-refractivity contribution in [3.8, 4) is 0 Å². The maximum Gasteiger partial charge on any atom is 0.240 e. The fraction of sp³-hybridized carbons (Fsp3) is 0.333. The molecule has 0 saturated heterocycles. The predicted octanol–water partition coefficient (Wildman–Crippen LogP) is 3.10. The van der Waals surface area contributed by atoms with Gasteiger partial charge in [-0.2, -0.15) is 0 Å². The second kappa shape index (κ2) is 8.31. The molecule has 0 spiro atoms. The molecule has 1 atom stereocenters. The van der Waals surface area contributed by atoms with Crippen molar-refractivity contribution in [1.29, 1.82) is 0 Å². The topological polar surface area (TPSA) is 52.7 Å². The second-order valence-electron chi connectivity index (χ2n) is 6.27. The van der Waals surface area contributed by atoms with E-state index in [0.29, 0.717) is 6.54 Å². The number of sulfonamides is 1. The summed E-state index contributed by atoms with van der Waals surface area (Å²) in [4.78, 5) is 4.30. The SMILES string of the molecule is CN(C)c1ccc([C@H](CNS(=O)(=O)c2ccc(Br)cc2)N(C)C)cc1. The quantitative estimate of drug-likeness (QED) is 0.740. The number of hydrogen-bond donors (Lipinski definition) is 1. The Balaban J connectivity index is 2.15. The summed E-state index contributed by atoms with van der Waals surface area (Å²) in [5.41, 5.74) is 2.17. The Labute approximate surface area is 158 Å². The van der Waals surface area contributed by atoms with Crippen LogP contribution >= 0.6 is 15.9 Å². The first-order valence-corrected chi connectivity index (χ1v) is 10.2. The molecule has 2 aromatic rings. The first-order valence-electron chi connectivity index (χ1n) is 7.89. The van der Waals surface area contributed by atoms with Crippen LogP contribution < -0.4 is 9.62 Å². The third-order valence-corrected chi connectivity index (χ3v) is 5.98. The van der Waals surface area contributed by atoms with Gasteiger partial charge in [0.05, 0.1) is 4.90 Å².